The van der Waals surface area contributed by atoms with Gasteiger partial charge in [-0.15, -0.1) is 0 Å². The second-order valence-electron chi connectivity index (χ2n) is 13.9. The zero-order valence-electron chi connectivity index (χ0n) is 23.1. The summed E-state index contributed by atoms with van der Waals surface area (Å²) in [5, 5.41) is 16.7. The topological polar surface area (TPSA) is 35.5 Å². The Morgan fingerprint density at radius 1 is 1.00 bits per heavy atom. The Labute approximate surface area is 227 Å². The molecule has 0 radical (unpaired) electrons. The van der Waals surface area contributed by atoms with Crippen molar-refractivity contribution in [1.82, 2.24) is 4.90 Å². The first-order valence-electron chi connectivity index (χ1n) is 15.2. The highest BCUT2D eigenvalue weighted by Crippen LogP contribution is 2.69. The van der Waals surface area contributed by atoms with Crippen molar-refractivity contribution in [2.75, 3.05) is 33.2 Å². The van der Waals surface area contributed by atoms with Gasteiger partial charge < -0.3 is 14.6 Å². The van der Waals surface area contributed by atoms with Crippen LogP contribution in [0.15, 0.2) is 65.8 Å². The number of hydrogen-bond acceptors (Lipinski definition) is 3. The van der Waals surface area contributed by atoms with Crippen molar-refractivity contribution in [1.29, 1.82) is 0 Å². The molecule has 4 fully saturated rings. The molecule has 0 unspecified atom stereocenters. The lowest BCUT2D eigenvalue weighted by Gasteiger charge is -2.58. The van der Waals surface area contributed by atoms with Crippen LogP contribution in [0.3, 0.4) is 0 Å². The van der Waals surface area contributed by atoms with Gasteiger partial charge in [0.2, 0.25) is 0 Å². The molecular weight excluding hydrogens is 468 g/mol. The van der Waals surface area contributed by atoms with Gasteiger partial charge in [-0.05, 0) is 90.3 Å². The molecule has 6 atom stereocenters. The molecule has 0 aromatic heterocycles. The third kappa shape index (κ3) is 3.18. The van der Waals surface area contributed by atoms with Crippen LogP contribution in [-0.4, -0.2) is 60.0 Å². The average molecular weight is 511 g/mol. The molecule has 200 valence electrons. The summed E-state index contributed by atoms with van der Waals surface area (Å²) in [5.41, 5.74) is 4.35. The molecule has 2 bridgehead atoms. The molecule has 38 heavy (non-hydrogen) atoms. The number of ether oxygens (including phenoxy) is 1. The van der Waals surface area contributed by atoms with Crippen LogP contribution in [0, 0.1) is 16.5 Å². The van der Waals surface area contributed by atoms with Gasteiger partial charge >= 0.3 is 0 Å². The van der Waals surface area contributed by atoms with Crippen molar-refractivity contribution in [2.24, 2.45) is 11.3 Å². The number of hydrogen-bond donors (Lipinski definition) is 0. The van der Waals surface area contributed by atoms with E-state index in [-0.39, 0.29) is 27.3 Å². The zero-order valence-corrected chi connectivity index (χ0v) is 23.1. The zero-order chi connectivity index (χ0) is 25.8. The third-order valence-corrected chi connectivity index (χ3v) is 12.2. The Bertz CT molecular complexity index is 1360. The summed E-state index contributed by atoms with van der Waals surface area (Å²) in [5.74, 6) is 1.11. The highest BCUT2D eigenvalue weighted by atomic mass is 16.6. The van der Waals surface area contributed by atoms with Gasteiger partial charge in [0.25, 0.3) is 0 Å². The number of hydroxylamine groups is 3. The standard InChI is InChI=1S/C34H42N2O2/c1-32-14-13-28-22-27-9-10-29(36(37)19-17-35(2)18-20-36)23-33(27)15-16-34(28,38-33)31(32)12-11-30(32)26-8-7-24-5-3-4-6-25(24)21-26/h3-8,13,21-22,29-31H,9-12,14-20,23H2,1-2H3/t29-,30+,31+,32+,33+,34+/m0/s1. The van der Waals surface area contributed by atoms with E-state index in [0.29, 0.717) is 11.8 Å². The number of rotatable bonds is 2. The molecule has 0 N–H and O–H groups in total. The van der Waals surface area contributed by atoms with Crippen molar-refractivity contribution in [3.63, 3.8) is 0 Å². The van der Waals surface area contributed by atoms with E-state index in [1.807, 2.05) is 0 Å². The number of likely N-dealkylation sites (N-methyl/N-ethyl adjacent to an activating group) is 1. The van der Waals surface area contributed by atoms with E-state index >= 15 is 0 Å². The summed E-state index contributed by atoms with van der Waals surface area (Å²) in [7, 11) is 2.15. The van der Waals surface area contributed by atoms with Crippen molar-refractivity contribution >= 4 is 10.8 Å². The van der Waals surface area contributed by atoms with E-state index in [4.69, 9.17) is 4.74 Å². The minimum Gasteiger partial charge on any atom is -0.633 e. The maximum absolute atomic E-state index is 14.0. The molecule has 2 aromatic rings. The van der Waals surface area contributed by atoms with Crippen LogP contribution in [-0.2, 0) is 4.74 Å². The quantitative estimate of drug-likeness (QED) is 0.333. The first kappa shape index (κ1) is 23.9. The Hall–Kier alpha value is -1.98. The van der Waals surface area contributed by atoms with E-state index in [9.17, 15) is 5.21 Å². The summed E-state index contributed by atoms with van der Waals surface area (Å²) in [6.45, 7) is 5.88. The minimum absolute atomic E-state index is 0.00358. The summed E-state index contributed by atoms with van der Waals surface area (Å²) in [6.07, 6.45) is 14.0. The van der Waals surface area contributed by atoms with Crippen LogP contribution in [0.25, 0.3) is 10.8 Å². The number of nitrogens with zero attached hydrogens (tertiary/aromatic N) is 2. The maximum Gasteiger partial charge on any atom is 0.0975 e. The van der Waals surface area contributed by atoms with Crippen molar-refractivity contribution < 1.29 is 9.38 Å². The summed E-state index contributed by atoms with van der Waals surface area (Å²) >= 11 is 0. The third-order valence-electron chi connectivity index (χ3n) is 12.2. The van der Waals surface area contributed by atoms with Crippen LogP contribution in [0.2, 0.25) is 0 Å². The molecule has 3 heterocycles. The van der Waals surface area contributed by atoms with E-state index < -0.39 is 0 Å². The lowest BCUT2D eigenvalue weighted by molar-refractivity contribution is -0.911. The van der Waals surface area contributed by atoms with Gasteiger partial charge in [-0.1, -0.05) is 61.5 Å². The second-order valence-corrected chi connectivity index (χ2v) is 13.9. The van der Waals surface area contributed by atoms with Gasteiger partial charge in [0.15, 0.2) is 0 Å². The molecule has 3 aliphatic heterocycles. The predicted octanol–water partition coefficient (Wildman–Crippen LogP) is 6.71. The molecule has 0 amide bonds. The highest BCUT2D eigenvalue weighted by molar-refractivity contribution is 5.83. The number of piperazine rings is 1. The fourth-order valence-electron chi connectivity index (χ4n) is 10.0. The number of quaternary nitrogens is 1. The molecule has 8 rings (SSSR count). The van der Waals surface area contributed by atoms with Crippen molar-refractivity contribution in [3.05, 3.63) is 76.5 Å². The van der Waals surface area contributed by atoms with E-state index in [1.54, 1.807) is 0 Å². The Morgan fingerprint density at radius 2 is 1.82 bits per heavy atom. The lowest BCUT2D eigenvalue weighted by Crippen LogP contribution is -2.63. The smallest absolute Gasteiger partial charge is 0.0975 e. The lowest BCUT2D eigenvalue weighted by atomic mass is 9.58. The van der Waals surface area contributed by atoms with Gasteiger partial charge in [0.05, 0.1) is 30.3 Å². The molecule has 2 saturated heterocycles. The Kier molecular flexibility index (Phi) is 5.05. The SMILES string of the molecule is CN1CC[N+]([O-])([C@H]2CCC3=CC4=CC[C@]5(C)[C@@H](c6ccc7ccccc7c6)CC[C@H]5[C@@]45CC[C@]3(C2)O5)CC1. The van der Waals surface area contributed by atoms with Crippen molar-refractivity contribution in [2.45, 2.75) is 81.5 Å². The van der Waals surface area contributed by atoms with Crippen LogP contribution >= 0.6 is 0 Å². The van der Waals surface area contributed by atoms with Crippen LogP contribution < -0.4 is 0 Å². The molecule has 4 heteroatoms. The summed E-state index contributed by atoms with van der Waals surface area (Å²) < 4.78 is 7.51. The molecule has 2 saturated carbocycles. The monoisotopic (exact) mass is 510 g/mol. The van der Waals surface area contributed by atoms with Gasteiger partial charge in [0, 0.05) is 25.9 Å². The van der Waals surface area contributed by atoms with Gasteiger partial charge in [-0.3, -0.25) is 4.90 Å². The number of allylic oxidation sites excluding steroid dienone is 1. The van der Waals surface area contributed by atoms with E-state index in [1.165, 1.54) is 40.3 Å². The van der Waals surface area contributed by atoms with Crippen LogP contribution in [0.5, 0.6) is 0 Å². The second kappa shape index (κ2) is 8.04. The summed E-state index contributed by atoms with van der Waals surface area (Å²) in [6, 6.07) is 16.1. The van der Waals surface area contributed by atoms with Crippen LogP contribution in [0.1, 0.15) is 69.8 Å². The molecule has 6 aliphatic rings. The number of fused-ring (bicyclic) bond motifs is 2. The molecule has 4 nitrogen and oxygen atoms in total. The first-order chi connectivity index (χ1) is 18.3. The summed E-state index contributed by atoms with van der Waals surface area (Å²) in [4.78, 5) is 2.31. The predicted molar refractivity (Wildman–Crippen MR) is 153 cm³/mol. The maximum atomic E-state index is 14.0. The molecule has 2 aromatic carbocycles. The fourth-order valence-corrected chi connectivity index (χ4v) is 10.0. The van der Waals surface area contributed by atoms with E-state index in [0.717, 1.165) is 64.7 Å². The Morgan fingerprint density at radius 3 is 2.66 bits per heavy atom. The highest BCUT2D eigenvalue weighted by Gasteiger charge is 2.67. The molecular formula is C34H42N2O2. The minimum atomic E-state index is -0.196. The normalized spacial score (nSPS) is 41.7. The van der Waals surface area contributed by atoms with Gasteiger partial charge in [-0.25, -0.2) is 0 Å². The number of benzene rings is 2. The largest absolute Gasteiger partial charge is 0.633 e. The first-order valence-corrected chi connectivity index (χ1v) is 15.2. The van der Waals surface area contributed by atoms with E-state index in [2.05, 4.69) is 73.5 Å². The Balaban J connectivity index is 1.12. The van der Waals surface area contributed by atoms with Crippen molar-refractivity contribution in [3.8, 4) is 0 Å². The average Bonchev–Trinajstić information content (AvgIpc) is 3.45. The van der Waals surface area contributed by atoms with Gasteiger partial charge in [-0.2, -0.15) is 0 Å². The fraction of sp³-hybridized carbons (Fsp3) is 0.588. The molecule has 2 spiro atoms. The van der Waals surface area contributed by atoms with Crippen LogP contribution in [0.4, 0.5) is 0 Å². The van der Waals surface area contributed by atoms with Gasteiger partial charge in [0.1, 0.15) is 0 Å². The molecule has 3 aliphatic carbocycles.